The summed E-state index contributed by atoms with van der Waals surface area (Å²) in [6, 6.07) is 0.0792. The molecule has 0 radical (unpaired) electrons. The Hall–Kier alpha value is -1.06. The molecule has 1 saturated heterocycles. The molecule has 0 spiro atoms. The van der Waals surface area contributed by atoms with E-state index in [9.17, 15) is 9.59 Å². The second-order valence-corrected chi connectivity index (χ2v) is 7.43. The van der Waals surface area contributed by atoms with Crippen molar-refractivity contribution in [1.29, 1.82) is 0 Å². The first-order valence-corrected chi connectivity index (χ1v) is 8.09. The molecule has 0 bridgehead atoms. The number of nitrogens with one attached hydrogen (secondary N) is 1. The first-order valence-electron chi connectivity index (χ1n) is 8.09. The van der Waals surface area contributed by atoms with E-state index in [0.29, 0.717) is 24.9 Å². The van der Waals surface area contributed by atoms with Crippen molar-refractivity contribution in [2.24, 2.45) is 11.3 Å². The van der Waals surface area contributed by atoms with Crippen LogP contribution in [0.15, 0.2) is 0 Å². The monoisotopic (exact) mass is 278 g/mol. The molecule has 112 valence electrons. The van der Waals surface area contributed by atoms with Gasteiger partial charge in [-0.3, -0.25) is 9.59 Å². The Labute approximate surface area is 121 Å². The van der Waals surface area contributed by atoms with Crippen LogP contribution < -0.4 is 5.32 Å². The molecule has 20 heavy (non-hydrogen) atoms. The number of hydrogen-bond donors (Lipinski definition) is 1. The first-order chi connectivity index (χ1) is 9.49. The molecule has 1 heterocycles. The Balaban J connectivity index is 1.77. The van der Waals surface area contributed by atoms with Gasteiger partial charge in [0.2, 0.25) is 11.8 Å². The highest BCUT2D eigenvalue weighted by atomic mass is 16.2. The minimum absolute atomic E-state index is 0.0508. The van der Waals surface area contributed by atoms with Gasteiger partial charge < -0.3 is 10.2 Å². The Morgan fingerprint density at radius 1 is 1.15 bits per heavy atom. The molecule has 2 saturated carbocycles. The molecule has 0 aromatic heterocycles. The van der Waals surface area contributed by atoms with Crippen molar-refractivity contribution >= 4 is 11.8 Å². The molecule has 2 atom stereocenters. The predicted octanol–water partition coefficient (Wildman–Crippen LogP) is 2.08. The van der Waals surface area contributed by atoms with Gasteiger partial charge in [-0.1, -0.05) is 33.1 Å². The molecule has 3 rings (SSSR count). The minimum Gasteiger partial charge on any atom is -0.344 e. The third-order valence-electron chi connectivity index (χ3n) is 5.40. The van der Waals surface area contributed by atoms with Crippen molar-refractivity contribution in [1.82, 2.24) is 10.2 Å². The van der Waals surface area contributed by atoms with Gasteiger partial charge in [-0.15, -0.1) is 0 Å². The van der Waals surface area contributed by atoms with Crippen LogP contribution >= 0.6 is 0 Å². The summed E-state index contributed by atoms with van der Waals surface area (Å²) in [5.74, 6) is 0.580. The van der Waals surface area contributed by atoms with E-state index in [-0.39, 0.29) is 23.3 Å². The molecule has 4 nitrogen and oxygen atoms in total. The van der Waals surface area contributed by atoms with Crippen LogP contribution in [0.2, 0.25) is 0 Å². The third kappa shape index (κ3) is 2.57. The van der Waals surface area contributed by atoms with Gasteiger partial charge in [0.15, 0.2) is 0 Å². The summed E-state index contributed by atoms with van der Waals surface area (Å²) in [6.07, 6.45) is 7.35. The first kappa shape index (κ1) is 13.9. The van der Waals surface area contributed by atoms with E-state index >= 15 is 0 Å². The number of hydrogen-bond acceptors (Lipinski definition) is 2. The highest BCUT2D eigenvalue weighted by Gasteiger charge is 2.52. The van der Waals surface area contributed by atoms with Gasteiger partial charge in [0.05, 0.1) is 0 Å². The van der Waals surface area contributed by atoms with E-state index in [1.165, 1.54) is 19.3 Å². The lowest BCUT2D eigenvalue weighted by Gasteiger charge is -2.32. The number of carbonyl (C=O) groups excluding carboxylic acids is 2. The number of amides is 2. The standard InChI is InChI=1S/C16H26N2O2/c1-16(2)10-12(16)18-9-8-13(19)17-14(15(18)20)11-6-4-3-5-7-11/h11-12,14H,3-10H2,1-2H3,(H,17,19). The number of carbonyl (C=O) groups is 2. The molecule has 3 fully saturated rings. The quantitative estimate of drug-likeness (QED) is 0.841. The maximum absolute atomic E-state index is 12.9. The topological polar surface area (TPSA) is 49.4 Å². The fraction of sp³-hybridized carbons (Fsp3) is 0.875. The van der Waals surface area contributed by atoms with Crippen molar-refractivity contribution in [2.45, 2.75) is 70.9 Å². The van der Waals surface area contributed by atoms with Crippen LogP contribution in [0.4, 0.5) is 0 Å². The summed E-state index contributed by atoms with van der Waals surface area (Å²) in [4.78, 5) is 26.8. The average Bonchev–Trinajstić information content (AvgIpc) is 3.08. The fourth-order valence-electron chi connectivity index (χ4n) is 3.89. The molecule has 2 aliphatic carbocycles. The van der Waals surface area contributed by atoms with Crippen molar-refractivity contribution in [3.8, 4) is 0 Å². The Morgan fingerprint density at radius 3 is 2.40 bits per heavy atom. The van der Waals surface area contributed by atoms with Gasteiger partial charge in [0.25, 0.3) is 0 Å². The van der Waals surface area contributed by atoms with E-state index in [0.717, 1.165) is 19.3 Å². The van der Waals surface area contributed by atoms with Crippen molar-refractivity contribution in [2.75, 3.05) is 6.54 Å². The molecule has 0 aromatic rings. The summed E-state index contributed by atoms with van der Waals surface area (Å²) >= 11 is 0. The Morgan fingerprint density at radius 2 is 1.80 bits per heavy atom. The maximum Gasteiger partial charge on any atom is 0.245 e. The summed E-state index contributed by atoms with van der Waals surface area (Å²) in [7, 11) is 0. The second kappa shape index (κ2) is 5.05. The highest BCUT2D eigenvalue weighted by Crippen LogP contribution is 2.49. The minimum atomic E-state index is -0.262. The third-order valence-corrected chi connectivity index (χ3v) is 5.40. The van der Waals surface area contributed by atoms with Crippen LogP contribution in [0.25, 0.3) is 0 Å². The number of nitrogens with zero attached hydrogens (tertiary/aromatic N) is 1. The fourth-order valence-corrected chi connectivity index (χ4v) is 3.89. The Bertz CT molecular complexity index is 413. The van der Waals surface area contributed by atoms with E-state index in [2.05, 4.69) is 19.2 Å². The van der Waals surface area contributed by atoms with Crippen LogP contribution in [-0.4, -0.2) is 35.3 Å². The summed E-state index contributed by atoms with van der Waals surface area (Å²) in [5.41, 5.74) is 0.236. The zero-order valence-electron chi connectivity index (χ0n) is 12.7. The van der Waals surface area contributed by atoms with Gasteiger partial charge in [-0.25, -0.2) is 0 Å². The maximum atomic E-state index is 12.9. The van der Waals surface area contributed by atoms with Crippen molar-refractivity contribution < 1.29 is 9.59 Å². The van der Waals surface area contributed by atoms with E-state index in [1.807, 2.05) is 4.90 Å². The Kier molecular flexibility index (Phi) is 3.51. The smallest absolute Gasteiger partial charge is 0.245 e. The SMILES string of the molecule is CC1(C)CC1N1CCC(=O)NC(C2CCCCC2)C1=O. The van der Waals surface area contributed by atoms with Crippen molar-refractivity contribution in [3.63, 3.8) is 0 Å². The van der Waals surface area contributed by atoms with Gasteiger partial charge in [-0.05, 0) is 30.6 Å². The number of rotatable bonds is 2. The molecule has 2 unspecified atom stereocenters. The molecule has 0 aromatic carbocycles. The molecule has 4 heteroatoms. The summed E-state index contributed by atoms with van der Waals surface area (Å²) in [6.45, 7) is 5.02. The highest BCUT2D eigenvalue weighted by molar-refractivity contribution is 5.90. The summed E-state index contributed by atoms with van der Waals surface area (Å²) in [5, 5.41) is 3.01. The van der Waals surface area contributed by atoms with Crippen LogP contribution in [0.5, 0.6) is 0 Å². The molecule has 1 N–H and O–H groups in total. The second-order valence-electron chi connectivity index (χ2n) is 7.43. The average molecular weight is 278 g/mol. The van der Waals surface area contributed by atoms with Gasteiger partial charge >= 0.3 is 0 Å². The normalized spacial score (nSPS) is 34.6. The molecule has 2 amide bonds. The molecular weight excluding hydrogens is 252 g/mol. The van der Waals surface area contributed by atoms with Crippen LogP contribution in [0, 0.1) is 11.3 Å². The van der Waals surface area contributed by atoms with E-state index in [1.54, 1.807) is 0 Å². The summed E-state index contributed by atoms with van der Waals surface area (Å²) < 4.78 is 0. The van der Waals surface area contributed by atoms with E-state index in [4.69, 9.17) is 0 Å². The van der Waals surface area contributed by atoms with Gasteiger partial charge in [0.1, 0.15) is 6.04 Å². The van der Waals surface area contributed by atoms with Gasteiger partial charge in [-0.2, -0.15) is 0 Å². The van der Waals surface area contributed by atoms with Crippen molar-refractivity contribution in [3.05, 3.63) is 0 Å². The van der Waals surface area contributed by atoms with Crippen LogP contribution in [0.1, 0.15) is 58.8 Å². The zero-order valence-corrected chi connectivity index (χ0v) is 12.7. The lowest BCUT2D eigenvalue weighted by molar-refractivity contribution is -0.136. The van der Waals surface area contributed by atoms with Crippen LogP contribution in [0.3, 0.4) is 0 Å². The lowest BCUT2D eigenvalue weighted by Crippen LogP contribution is -2.50. The predicted molar refractivity (Wildman–Crippen MR) is 77.0 cm³/mol. The molecule has 3 aliphatic rings. The largest absolute Gasteiger partial charge is 0.344 e. The van der Waals surface area contributed by atoms with E-state index < -0.39 is 0 Å². The molecular formula is C16H26N2O2. The lowest BCUT2D eigenvalue weighted by atomic mass is 9.83. The van der Waals surface area contributed by atoms with Crippen LogP contribution in [-0.2, 0) is 9.59 Å². The molecule has 1 aliphatic heterocycles. The zero-order chi connectivity index (χ0) is 14.3. The van der Waals surface area contributed by atoms with Gasteiger partial charge in [0, 0.05) is 19.0 Å².